The van der Waals surface area contributed by atoms with Crippen molar-refractivity contribution in [1.29, 1.82) is 0 Å². The molecule has 4 heteroatoms. The highest BCUT2D eigenvalue weighted by atomic mass is 16.5. The predicted octanol–water partition coefficient (Wildman–Crippen LogP) is 1.85. The fourth-order valence-corrected chi connectivity index (χ4v) is 1.58. The highest BCUT2D eigenvalue weighted by Gasteiger charge is 2.21. The summed E-state index contributed by atoms with van der Waals surface area (Å²) >= 11 is 0. The minimum Gasteiger partial charge on any atom is -0.469 e. The molecule has 0 bridgehead atoms. The molecule has 0 amide bonds. The lowest BCUT2D eigenvalue weighted by atomic mass is 10.1. The molecule has 0 aliphatic rings. The van der Waals surface area contributed by atoms with Gasteiger partial charge in [0.2, 0.25) is 0 Å². The Bertz CT molecular complexity index is 352. The van der Waals surface area contributed by atoms with E-state index in [1.807, 2.05) is 44.5 Å². The first-order chi connectivity index (χ1) is 7.47. The number of nitrogens with zero attached hydrogens (tertiary/aromatic N) is 1. The number of aromatic nitrogens is 1. The zero-order valence-electron chi connectivity index (χ0n) is 10.6. The van der Waals surface area contributed by atoms with E-state index in [2.05, 4.69) is 5.43 Å². The van der Waals surface area contributed by atoms with Crippen LogP contribution in [0.3, 0.4) is 0 Å². The molecule has 1 aromatic rings. The van der Waals surface area contributed by atoms with Gasteiger partial charge in [-0.15, -0.1) is 0 Å². The monoisotopic (exact) mass is 224 g/mol. The summed E-state index contributed by atoms with van der Waals surface area (Å²) in [5.41, 5.74) is 5.54. The van der Waals surface area contributed by atoms with Crippen LogP contribution >= 0.6 is 0 Å². The molecule has 1 aromatic heterocycles. The Balaban J connectivity index is 2.71. The molecule has 0 aliphatic heterocycles. The smallest absolute Gasteiger partial charge is 0.310 e. The van der Waals surface area contributed by atoms with Crippen molar-refractivity contribution in [3.63, 3.8) is 0 Å². The first-order valence-electron chi connectivity index (χ1n) is 5.46. The van der Waals surface area contributed by atoms with Gasteiger partial charge in [0.1, 0.15) is 0 Å². The van der Waals surface area contributed by atoms with Crippen LogP contribution in [0, 0.1) is 19.8 Å². The average molecular weight is 224 g/mol. The molecule has 1 N–H and O–H groups in total. The van der Waals surface area contributed by atoms with Crippen LogP contribution < -0.4 is 5.43 Å². The third kappa shape index (κ3) is 2.56. The maximum atomic E-state index is 11.4. The minimum atomic E-state index is -0.192. The molecule has 0 spiro atoms. The number of carbonyl (C=O) groups excluding carboxylic acids is 1. The van der Waals surface area contributed by atoms with Crippen molar-refractivity contribution in [2.24, 2.45) is 5.92 Å². The third-order valence-corrected chi connectivity index (χ3v) is 2.93. The lowest BCUT2D eigenvalue weighted by molar-refractivity contribution is -0.145. The summed E-state index contributed by atoms with van der Waals surface area (Å²) in [6.07, 6.45) is 0. The maximum absolute atomic E-state index is 11.4. The van der Waals surface area contributed by atoms with Crippen molar-refractivity contribution in [3.05, 3.63) is 23.5 Å². The number of hydrogen-bond acceptors (Lipinski definition) is 3. The number of nitrogens with one attached hydrogen (secondary N) is 1. The van der Waals surface area contributed by atoms with E-state index in [1.54, 1.807) is 0 Å². The fraction of sp³-hybridized carbons (Fsp3) is 0.583. The van der Waals surface area contributed by atoms with Crippen LogP contribution in [0.2, 0.25) is 0 Å². The van der Waals surface area contributed by atoms with E-state index in [9.17, 15) is 4.79 Å². The SMILES string of the molecule is COC(=O)C(C)C(C)Nn1c(C)ccc1C. The summed E-state index contributed by atoms with van der Waals surface area (Å²) < 4.78 is 6.71. The number of hydrogen-bond donors (Lipinski definition) is 1. The Kier molecular flexibility index (Phi) is 3.99. The van der Waals surface area contributed by atoms with E-state index in [0.29, 0.717) is 0 Å². The van der Waals surface area contributed by atoms with Crippen LogP contribution in [0.15, 0.2) is 12.1 Å². The van der Waals surface area contributed by atoms with Gasteiger partial charge in [0.15, 0.2) is 0 Å². The van der Waals surface area contributed by atoms with Crippen molar-refractivity contribution in [2.45, 2.75) is 33.7 Å². The van der Waals surface area contributed by atoms with Gasteiger partial charge in [0, 0.05) is 11.4 Å². The lowest BCUT2D eigenvalue weighted by Crippen LogP contribution is -2.36. The Morgan fingerprint density at radius 2 is 1.81 bits per heavy atom. The van der Waals surface area contributed by atoms with Crippen LogP contribution in [0.1, 0.15) is 25.2 Å². The van der Waals surface area contributed by atoms with Crippen LogP contribution in [0.4, 0.5) is 0 Å². The Labute approximate surface area is 96.6 Å². The van der Waals surface area contributed by atoms with E-state index in [-0.39, 0.29) is 17.9 Å². The second-order valence-corrected chi connectivity index (χ2v) is 4.18. The number of aryl methyl sites for hydroxylation is 2. The lowest BCUT2D eigenvalue weighted by Gasteiger charge is -2.23. The van der Waals surface area contributed by atoms with Gasteiger partial charge in [0.05, 0.1) is 19.1 Å². The predicted molar refractivity (Wildman–Crippen MR) is 63.9 cm³/mol. The second kappa shape index (κ2) is 5.05. The first-order valence-corrected chi connectivity index (χ1v) is 5.46. The molecule has 2 unspecified atom stereocenters. The number of methoxy groups -OCH3 is 1. The number of esters is 1. The van der Waals surface area contributed by atoms with Crippen molar-refractivity contribution < 1.29 is 9.53 Å². The zero-order valence-corrected chi connectivity index (χ0v) is 10.6. The standard InChI is InChI=1S/C12H20N2O2/c1-8-6-7-9(2)14(8)13-11(4)10(3)12(15)16-5/h6-7,10-11,13H,1-5H3. The molecule has 0 fully saturated rings. The summed E-state index contributed by atoms with van der Waals surface area (Å²) in [4.78, 5) is 11.4. The quantitative estimate of drug-likeness (QED) is 0.794. The van der Waals surface area contributed by atoms with Crippen molar-refractivity contribution >= 4 is 5.97 Å². The molecule has 16 heavy (non-hydrogen) atoms. The number of rotatable bonds is 4. The summed E-state index contributed by atoms with van der Waals surface area (Å²) in [6, 6.07) is 4.10. The fourth-order valence-electron chi connectivity index (χ4n) is 1.58. The van der Waals surface area contributed by atoms with Gasteiger partial charge in [-0.25, -0.2) is 0 Å². The van der Waals surface area contributed by atoms with Gasteiger partial charge in [-0.05, 0) is 39.8 Å². The molecule has 2 atom stereocenters. The molecule has 0 saturated carbocycles. The van der Waals surface area contributed by atoms with Crippen LogP contribution in [0.25, 0.3) is 0 Å². The van der Waals surface area contributed by atoms with E-state index in [0.717, 1.165) is 11.4 Å². The minimum absolute atomic E-state index is 0.0252. The Hall–Kier alpha value is -1.45. The molecular formula is C12H20N2O2. The molecule has 0 saturated heterocycles. The summed E-state index contributed by atoms with van der Waals surface area (Å²) in [6.45, 7) is 7.88. The number of carbonyl (C=O) groups is 1. The van der Waals surface area contributed by atoms with E-state index in [1.165, 1.54) is 7.11 Å². The largest absolute Gasteiger partial charge is 0.469 e. The van der Waals surface area contributed by atoms with Gasteiger partial charge < -0.3 is 10.2 Å². The zero-order chi connectivity index (χ0) is 12.3. The van der Waals surface area contributed by atoms with Crippen molar-refractivity contribution in [2.75, 3.05) is 12.5 Å². The van der Waals surface area contributed by atoms with Crippen molar-refractivity contribution in [1.82, 2.24) is 4.68 Å². The molecule has 0 aliphatic carbocycles. The molecule has 1 heterocycles. The molecule has 1 rings (SSSR count). The molecule has 90 valence electrons. The normalized spacial score (nSPS) is 14.3. The number of ether oxygens (including phenoxy) is 1. The van der Waals surface area contributed by atoms with E-state index < -0.39 is 0 Å². The maximum Gasteiger partial charge on any atom is 0.310 e. The van der Waals surface area contributed by atoms with Gasteiger partial charge >= 0.3 is 5.97 Å². The third-order valence-electron chi connectivity index (χ3n) is 2.93. The molecule has 0 radical (unpaired) electrons. The average Bonchev–Trinajstić information content (AvgIpc) is 2.58. The van der Waals surface area contributed by atoms with Crippen LogP contribution in [-0.2, 0) is 9.53 Å². The summed E-state index contributed by atoms with van der Waals surface area (Å²) in [5.74, 6) is -0.367. The molecular weight excluding hydrogens is 204 g/mol. The molecule has 0 aromatic carbocycles. The van der Waals surface area contributed by atoms with Gasteiger partial charge in [-0.1, -0.05) is 0 Å². The van der Waals surface area contributed by atoms with Crippen molar-refractivity contribution in [3.8, 4) is 0 Å². The summed E-state index contributed by atoms with van der Waals surface area (Å²) in [5, 5.41) is 0. The van der Waals surface area contributed by atoms with Gasteiger partial charge in [0.25, 0.3) is 0 Å². The van der Waals surface area contributed by atoms with Gasteiger partial charge in [-0.3, -0.25) is 9.47 Å². The Morgan fingerprint density at radius 3 is 2.25 bits per heavy atom. The summed E-state index contributed by atoms with van der Waals surface area (Å²) in [7, 11) is 1.41. The molecule has 4 nitrogen and oxygen atoms in total. The van der Waals surface area contributed by atoms with Gasteiger partial charge in [-0.2, -0.15) is 0 Å². The van der Waals surface area contributed by atoms with Crippen LogP contribution in [-0.4, -0.2) is 23.8 Å². The highest BCUT2D eigenvalue weighted by Crippen LogP contribution is 2.10. The van der Waals surface area contributed by atoms with Crippen LogP contribution in [0.5, 0.6) is 0 Å². The Morgan fingerprint density at radius 1 is 1.31 bits per heavy atom. The second-order valence-electron chi connectivity index (χ2n) is 4.18. The van der Waals surface area contributed by atoms with E-state index >= 15 is 0 Å². The van der Waals surface area contributed by atoms with E-state index in [4.69, 9.17) is 4.74 Å². The first kappa shape index (κ1) is 12.6. The topological polar surface area (TPSA) is 43.3 Å². The highest BCUT2D eigenvalue weighted by molar-refractivity contribution is 5.72.